The largest absolute Gasteiger partial charge is 0.467 e. The summed E-state index contributed by atoms with van der Waals surface area (Å²) in [5.74, 6) is 0.683. The molecule has 0 aliphatic heterocycles. The molecule has 0 saturated carbocycles. The van der Waals surface area contributed by atoms with Crippen molar-refractivity contribution in [3.63, 3.8) is 0 Å². The standard InChI is InChI=1S/C25H26N4O3S2/c1-28(2)17-11-9-16(10-12-17)26-21(30)15-33-25-27-23-22(19-7-3-4-8-20(19)34-23)24(31)29(25)14-18-6-5-13-32-18/h5-6,9-13H,3-4,7-8,14-15H2,1-2H3,(H,26,30). The van der Waals surface area contributed by atoms with E-state index in [1.165, 1.54) is 16.6 Å². The predicted molar refractivity (Wildman–Crippen MR) is 138 cm³/mol. The Kier molecular flexibility index (Phi) is 6.47. The van der Waals surface area contributed by atoms with Gasteiger partial charge in [0.15, 0.2) is 5.16 Å². The van der Waals surface area contributed by atoms with E-state index in [-0.39, 0.29) is 23.8 Å². The molecule has 3 heterocycles. The second-order valence-electron chi connectivity index (χ2n) is 8.53. The van der Waals surface area contributed by atoms with Gasteiger partial charge in [-0.25, -0.2) is 4.98 Å². The lowest BCUT2D eigenvalue weighted by atomic mass is 9.97. The normalized spacial score (nSPS) is 13.1. The van der Waals surface area contributed by atoms with Crippen LogP contribution in [0.25, 0.3) is 10.2 Å². The number of nitrogens with zero attached hydrogens (tertiary/aromatic N) is 3. The van der Waals surface area contributed by atoms with Crippen LogP contribution in [0.15, 0.2) is 57.0 Å². The van der Waals surface area contributed by atoms with Crippen molar-refractivity contribution < 1.29 is 9.21 Å². The maximum Gasteiger partial charge on any atom is 0.263 e. The molecular formula is C25H26N4O3S2. The number of carbonyl (C=O) groups excluding carboxylic acids is 1. The maximum atomic E-state index is 13.6. The topological polar surface area (TPSA) is 80.4 Å². The van der Waals surface area contributed by atoms with Crippen molar-refractivity contribution in [2.45, 2.75) is 37.4 Å². The van der Waals surface area contributed by atoms with E-state index in [0.717, 1.165) is 52.8 Å². The third-order valence-electron chi connectivity index (χ3n) is 5.93. The molecule has 5 rings (SSSR count). The van der Waals surface area contributed by atoms with Crippen LogP contribution in [-0.2, 0) is 24.2 Å². The summed E-state index contributed by atoms with van der Waals surface area (Å²) in [6, 6.07) is 11.3. The summed E-state index contributed by atoms with van der Waals surface area (Å²) in [6.45, 7) is 0.287. The minimum atomic E-state index is -0.146. The number of aryl methyl sites for hydroxylation is 2. The summed E-state index contributed by atoms with van der Waals surface area (Å²) >= 11 is 2.90. The van der Waals surface area contributed by atoms with Gasteiger partial charge in [-0.2, -0.15) is 0 Å². The first-order valence-electron chi connectivity index (χ1n) is 11.3. The van der Waals surface area contributed by atoms with Gasteiger partial charge in [-0.05, 0) is 67.6 Å². The molecule has 1 N–H and O–H groups in total. The first-order valence-corrected chi connectivity index (χ1v) is 13.1. The molecule has 9 heteroatoms. The highest BCUT2D eigenvalue weighted by molar-refractivity contribution is 7.99. The number of hydrogen-bond donors (Lipinski definition) is 1. The Bertz CT molecular complexity index is 1370. The van der Waals surface area contributed by atoms with Gasteiger partial charge in [0.2, 0.25) is 5.91 Å². The van der Waals surface area contributed by atoms with Crippen LogP contribution in [0.5, 0.6) is 0 Å². The lowest BCUT2D eigenvalue weighted by Crippen LogP contribution is -2.25. The van der Waals surface area contributed by atoms with E-state index in [1.807, 2.05) is 49.3 Å². The Labute approximate surface area is 205 Å². The fourth-order valence-electron chi connectivity index (χ4n) is 4.20. The van der Waals surface area contributed by atoms with E-state index in [0.29, 0.717) is 10.9 Å². The molecule has 3 aromatic heterocycles. The first kappa shape index (κ1) is 22.7. The second kappa shape index (κ2) is 9.68. The molecule has 0 bridgehead atoms. The zero-order chi connectivity index (χ0) is 23.7. The van der Waals surface area contributed by atoms with Crippen molar-refractivity contribution in [3.8, 4) is 0 Å². The summed E-state index contributed by atoms with van der Waals surface area (Å²) in [4.78, 5) is 35.2. The minimum Gasteiger partial charge on any atom is -0.467 e. The van der Waals surface area contributed by atoms with Gasteiger partial charge in [-0.3, -0.25) is 14.2 Å². The van der Waals surface area contributed by atoms with Crippen molar-refractivity contribution >= 4 is 50.6 Å². The van der Waals surface area contributed by atoms with Crippen LogP contribution < -0.4 is 15.8 Å². The molecule has 176 valence electrons. The predicted octanol–water partition coefficient (Wildman–Crippen LogP) is 4.77. The molecule has 4 aromatic rings. The number of thiophene rings is 1. The number of nitrogens with one attached hydrogen (secondary N) is 1. The van der Waals surface area contributed by atoms with Gasteiger partial charge in [-0.1, -0.05) is 11.8 Å². The fourth-order valence-corrected chi connectivity index (χ4v) is 6.30. The van der Waals surface area contributed by atoms with Gasteiger partial charge >= 0.3 is 0 Å². The molecule has 0 unspecified atom stereocenters. The number of rotatable bonds is 7. The Morgan fingerprint density at radius 1 is 1.21 bits per heavy atom. The van der Waals surface area contributed by atoms with Gasteiger partial charge in [-0.15, -0.1) is 11.3 Å². The smallest absolute Gasteiger partial charge is 0.263 e. The number of anilines is 2. The van der Waals surface area contributed by atoms with E-state index in [9.17, 15) is 9.59 Å². The molecule has 0 radical (unpaired) electrons. The number of aromatic nitrogens is 2. The lowest BCUT2D eigenvalue weighted by molar-refractivity contribution is -0.113. The Morgan fingerprint density at radius 2 is 2.00 bits per heavy atom. The van der Waals surface area contributed by atoms with Gasteiger partial charge in [0, 0.05) is 30.3 Å². The maximum absolute atomic E-state index is 13.6. The number of amides is 1. The van der Waals surface area contributed by atoms with E-state index >= 15 is 0 Å². The highest BCUT2D eigenvalue weighted by atomic mass is 32.2. The van der Waals surface area contributed by atoms with E-state index < -0.39 is 0 Å². The number of thioether (sulfide) groups is 1. The third-order valence-corrected chi connectivity index (χ3v) is 8.10. The molecule has 0 fully saturated rings. The average Bonchev–Trinajstić information content (AvgIpc) is 3.47. The SMILES string of the molecule is CN(C)c1ccc(NC(=O)CSc2nc3sc4c(c3c(=O)n2Cc2ccco2)CCCC4)cc1. The Balaban J connectivity index is 1.41. The first-order chi connectivity index (χ1) is 16.5. The van der Waals surface area contributed by atoms with Gasteiger partial charge in [0.1, 0.15) is 10.6 Å². The summed E-state index contributed by atoms with van der Waals surface area (Å²) in [7, 11) is 3.95. The number of carbonyl (C=O) groups is 1. The number of hydrogen-bond acceptors (Lipinski definition) is 7. The fraction of sp³-hybridized carbons (Fsp3) is 0.320. The number of furan rings is 1. The molecule has 0 saturated heterocycles. The molecule has 7 nitrogen and oxygen atoms in total. The van der Waals surface area contributed by atoms with Crippen LogP contribution in [0, 0.1) is 0 Å². The molecular weight excluding hydrogens is 468 g/mol. The van der Waals surface area contributed by atoms with Gasteiger partial charge < -0.3 is 14.6 Å². The quantitative estimate of drug-likeness (QED) is 0.294. The zero-order valence-corrected chi connectivity index (χ0v) is 20.8. The van der Waals surface area contributed by atoms with Crippen LogP contribution in [0.1, 0.15) is 29.0 Å². The number of benzene rings is 1. The van der Waals surface area contributed by atoms with Crippen LogP contribution >= 0.6 is 23.1 Å². The highest BCUT2D eigenvalue weighted by Crippen LogP contribution is 2.35. The molecule has 1 amide bonds. The van der Waals surface area contributed by atoms with Crippen LogP contribution in [-0.4, -0.2) is 35.3 Å². The van der Waals surface area contributed by atoms with Crippen LogP contribution in [0.3, 0.4) is 0 Å². The van der Waals surface area contributed by atoms with E-state index in [2.05, 4.69) is 5.32 Å². The van der Waals surface area contributed by atoms with Gasteiger partial charge in [0.25, 0.3) is 5.56 Å². The number of fused-ring (bicyclic) bond motifs is 3. The van der Waals surface area contributed by atoms with Crippen LogP contribution in [0.4, 0.5) is 11.4 Å². The van der Waals surface area contributed by atoms with Crippen molar-refractivity contribution in [2.24, 2.45) is 0 Å². The van der Waals surface area contributed by atoms with E-state index in [4.69, 9.17) is 9.40 Å². The van der Waals surface area contributed by atoms with Crippen molar-refractivity contribution in [1.82, 2.24) is 9.55 Å². The highest BCUT2D eigenvalue weighted by Gasteiger charge is 2.23. The van der Waals surface area contributed by atoms with Gasteiger partial charge in [0.05, 0.1) is 23.9 Å². The summed E-state index contributed by atoms with van der Waals surface area (Å²) in [6.07, 6.45) is 5.78. The molecule has 1 aromatic carbocycles. The van der Waals surface area contributed by atoms with Crippen LogP contribution in [0.2, 0.25) is 0 Å². The Hall–Kier alpha value is -3.04. The van der Waals surface area contributed by atoms with Crippen molar-refractivity contribution in [3.05, 3.63) is 69.2 Å². The molecule has 1 aliphatic rings. The summed E-state index contributed by atoms with van der Waals surface area (Å²) < 4.78 is 7.15. The van der Waals surface area contributed by atoms with E-state index in [1.54, 1.807) is 28.2 Å². The average molecular weight is 495 g/mol. The third kappa shape index (κ3) is 4.63. The lowest BCUT2D eigenvalue weighted by Gasteiger charge is -2.14. The molecule has 1 aliphatic carbocycles. The van der Waals surface area contributed by atoms with Crippen molar-refractivity contribution in [1.29, 1.82) is 0 Å². The summed E-state index contributed by atoms with van der Waals surface area (Å²) in [5, 5.41) is 4.20. The van der Waals surface area contributed by atoms with Crippen molar-refractivity contribution in [2.75, 3.05) is 30.1 Å². The molecule has 0 spiro atoms. The minimum absolute atomic E-state index is 0.0528. The Morgan fingerprint density at radius 3 is 2.74 bits per heavy atom. The zero-order valence-electron chi connectivity index (χ0n) is 19.2. The second-order valence-corrected chi connectivity index (χ2v) is 10.6. The summed E-state index contributed by atoms with van der Waals surface area (Å²) in [5.41, 5.74) is 2.90. The monoisotopic (exact) mass is 494 g/mol. The molecule has 34 heavy (non-hydrogen) atoms. The molecule has 0 atom stereocenters.